The van der Waals surface area contributed by atoms with Gasteiger partial charge >= 0.3 is 0 Å². The number of hydrogen-bond donors (Lipinski definition) is 0. The van der Waals surface area contributed by atoms with E-state index in [1.54, 1.807) is 11.1 Å². The highest BCUT2D eigenvalue weighted by molar-refractivity contribution is 6.33. The van der Waals surface area contributed by atoms with Crippen molar-refractivity contribution in [1.29, 1.82) is 0 Å². The Morgan fingerprint density at radius 3 is 2.44 bits per heavy atom. The summed E-state index contributed by atoms with van der Waals surface area (Å²) in [5, 5.41) is 0.725. The van der Waals surface area contributed by atoms with Crippen LogP contribution in [0.3, 0.4) is 0 Å². The molecule has 2 amide bonds. The molecule has 0 aliphatic carbocycles. The quantitative estimate of drug-likeness (QED) is 0.508. The monoisotopic (exact) mass is 514 g/mol. The number of benzene rings is 1. The molecule has 2 aliphatic rings. The number of ether oxygens (including phenoxy) is 1. The highest BCUT2D eigenvalue weighted by Gasteiger charge is 2.24. The highest BCUT2D eigenvalue weighted by Crippen LogP contribution is 2.26. The maximum absolute atomic E-state index is 13.2. The number of halogens is 1. The number of anilines is 1. The molecule has 0 unspecified atom stereocenters. The van der Waals surface area contributed by atoms with Crippen molar-refractivity contribution in [2.24, 2.45) is 0 Å². The van der Waals surface area contributed by atoms with Crippen LogP contribution >= 0.6 is 11.6 Å². The maximum atomic E-state index is 13.2. The summed E-state index contributed by atoms with van der Waals surface area (Å²) in [6.07, 6.45) is 4.23. The highest BCUT2D eigenvalue weighted by atomic mass is 35.5. The van der Waals surface area contributed by atoms with Crippen LogP contribution in [0.1, 0.15) is 29.0 Å². The number of nitrogens with zero attached hydrogens (tertiary/aromatic N) is 6. The Morgan fingerprint density at radius 2 is 1.75 bits per heavy atom. The molecule has 2 saturated heterocycles. The molecule has 2 fully saturated rings. The Labute approximate surface area is 218 Å². The second-order valence-electron chi connectivity index (χ2n) is 9.21. The lowest BCUT2D eigenvalue weighted by Gasteiger charge is -2.37. The molecule has 0 bridgehead atoms. The van der Waals surface area contributed by atoms with Gasteiger partial charge in [0.2, 0.25) is 5.91 Å². The van der Waals surface area contributed by atoms with Gasteiger partial charge in [-0.1, -0.05) is 23.7 Å². The molecule has 0 atom stereocenters. The number of amides is 2. The Bertz CT molecular complexity index is 1010. The lowest BCUT2D eigenvalue weighted by molar-refractivity contribution is -0.131. The van der Waals surface area contributed by atoms with Crippen LogP contribution in [0.4, 0.5) is 5.69 Å². The topological polar surface area (TPSA) is 82.1 Å². The number of aryl methyl sites for hydroxylation is 1. The van der Waals surface area contributed by atoms with Gasteiger partial charge in [0.05, 0.1) is 35.8 Å². The Morgan fingerprint density at radius 1 is 1.00 bits per heavy atom. The minimum Gasteiger partial charge on any atom is -0.379 e. The van der Waals surface area contributed by atoms with Crippen molar-refractivity contribution in [2.75, 3.05) is 77.0 Å². The summed E-state index contributed by atoms with van der Waals surface area (Å²) in [6, 6.07) is 7.79. The molecule has 9 nitrogen and oxygen atoms in total. The molecule has 2 aliphatic heterocycles. The van der Waals surface area contributed by atoms with E-state index in [0.29, 0.717) is 31.9 Å². The van der Waals surface area contributed by atoms with Crippen molar-refractivity contribution in [1.82, 2.24) is 24.7 Å². The second-order valence-corrected chi connectivity index (χ2v) is 9.62. The minimum absolute atomic E-state index is 0.0646. The molecule has 4 rings (SSSR count). The van der Waals surface area contributed by atoms with Crippen LogP contribution in [0.25, 0.3) is 0 Å². The van der Waals surface area contributed by atoms with E-state index in [-0.39, 0.29) is 18.2 Å². The summed E-state index contributed by atoms with van der Waals surface area (Å²) in [5.41, 5.74) is 2.08. The van der Waals surface area contributed by atoms with E-state index in [4.69, 9.17) is 16.3 Å². The fourth-order valence-electron chi connectivity index (χ4n) is 4.58. The van der Waals surface area contributed by atoms with Crippen molar-refractivity contribution >= 4 is 29.1 Å². The zero-order valence-corrected chi connectivity index (χ0v) is 21.7. The molecule has 10 heteroatoms. The van der Waals surface area contributed by atoms with Gasteiger partial charge in [-0.25, -0.2) is 4.98 Å². The summed E-state index contributed by atoms with van der Waals surface area (Å²) in [4.78, 5) is 42.9. The fraction of sp³-hybridized carbons (Fsp3) is 0.538. The van der Waals surface area contributed by atoms with Gasteiger partial charge in [0.25, 0.3) is 5.91 Å². The number of hydrogen-bond acceptors (Lipinski definition) is 7. The van der Waals surface area contributed by atoms with E-state index >= 15 is 0 Å². The van der Waals surface area contributed by atoms with Gasteiger partial charge in [-0.3, -0.25) is 19.5 Å². The van der Waals surface area contributed by atoms with Crippen molar-refractivity contribution in [3.05, 3.63) is 53.1 Å². The first-order valence-corrected chi connectivity index (χ1v) is 13.0. The molecular weight excluding hydrogens is 480 g/mol. The smallest absolute Gasteiger partial charge is 0.274 e. The Kier molecular flexibility index (Phi) is 9.49. The molecule has 0 saturated carbocycles. The van der Waals surface area contributed by atoms with E-state index in [2.05, 4.69) is 19.8 Å². The standard InChI is InChI=1S/C26H35ClN6O3/c1-21-19-29-23(20-28-21)26(35)33(9-4-8-30-15-17-36-18-16-30)10-7-25(34)32-13-11-31(12-14-32)24-6-3-2-5-22(24)27/h2-3,5-6,19-20H,4,7-18H2,1H3. The van der Waals surface area contributed by atoms with E-state index in [1.165, 1.54) is 6.20 Å². The SMILES string of the molecule is Cc1cnc(C(=O)N(CCCN2CCOCC2)CCC(=O)N2CCN(c3ccccc3Cl)CC2)cn1. The van der Waals surface area contributed by atoms with Crippen molar-refractivity contribution in [2.45, 2.75) is 19.8 Å². The van der Waals surface area contributed by atoms with Crippen molar-refractivity contribution in [3.8, 4) is 0 Å². The van der Waals surface area contributed by atoms with Crippen molar-refractivity contribution in [3.63, 3.8) is 0 Å². The van der Waals surface area contributed by atoms with Crippen LogP contribution < -0.4 is 4.90 Å². The normalized spacial score (nSPS) is 16.7. The first kappa shape index (κ1) is 26.3. The van der Waals surface area contributed by atoms with E-state index in [0.717, 1.165) is 68.8 Å². The molecule has 36 heavy (non-hydrogen) atoms. The minimum atomic E-state index is -0.180. The number of carbonyl (C=O) groups excluding carboxylic acids is 2. The largest absolute Gasteiger partial charge is 0.379 e. The third kappa shape index (κ3) is 7.15. The van der Waals surface area contributed by atoms with E-state index < -0.39 is 0 Å². The van der Waals surface area contributed by atoms with Crippen LogP contribution in [-0.4, -0.2) is 109 Å². The van der Waals surface area contributed by atoms with Gasteiger partial charge < -0.3 is 19.4 Å². The molecule has 3 heterocycles. The van der Waals surface area contributed by atoms with Crippen LogP contribution in [0.5, 0.6) is 0 Å². The summed E-state index contributed by atoms with van der Waals surface area (Å²) >= 11 is 6.34. The van der Waals surface area contributed by atoms with E-state index in [9.17, 15) is 9.59 Å². The van der Waals surface area contributed by atoms with Gasteiger partial charge in [-0.05, 0) is 25.5 Å². The number of morpholine rings is 1. The van der Waals surface area contributed by atoms with Gasteiger partial charge in [0, 0.05) is 71.5 Å². The summed E-state index contributed by atoms with van der Waals surface area (Å²) in [7, 11) is 0. The van der Waals surface area contributed by atoms with E-state index in [1.807, 2.05) is 36.1 Å². The summed E-state index contributed by atoms with van der Waals surface area (Å²) in [6.45, 7) is 9.73. The van der Waals surface area contributed by atoms with Gasteiger partial charge in [-0.15, -0.1) is 0 Å². The Balaban J connectivity index is 1.31. The third-order valence-electron chi connectivity index (χ3n) is 6.71. The number of aromatic nitrogens is 2. The third-order valence-corrected chi connectivity index (χ3v) is 7.03. The molecule has 0 radical (unpaired) electrons. The number of piperazine rings is 1. The van der Waals surface area contributed by atoms with Crippen LogP contribution in [0.2, 0.25) is 5.02 Å². The summed E-state index contributed by atoms with van der Waals surface area (Å²) < 4.78 is 5.42. The molecule has 2 aromatic rings. The first-order valence-electron chi connectivity index (χ1n) is 12.7. The molecular formula is C26H35ClN6O3. The van der Waals surface area contributed by atoms with Gasteiger partial charge in [-0.2, -0.15) is 0 Å². The maximum Gasteiger partial charge on any atom is 0.274 e. The predicted molar refractivity (Wildman–Crippen MR) is 139 cm³/mol. The van der Waals surface area contributed by atoms with Crippen molar-refractivity contribution < 1.29 is 14.3 Å². The molecule has 0 spiro atoms. The van der Waals surface area contributed by atoms with Crippen LogP contribution in [0, 0.1) is 6.92 Å². The number of carbonyl (C=O) groups is 2. The first-order chi connectivity index (χ1) is 17.5. The summed E-state index contributed by atoms with van der Waals surface area (Å²) in [5.74, 6) is -0.115. The average Bonchev–Trinajstić information content (AvgIpc) is 2.91. The predicted octanol–water partition coefficient (Wildman–Crippen LogP) is 2.34. The Hall–Kier alpha value is -2.75. The molecule has 194 valence electrons. The van der Waals surface area contributed by atoms with Crippen LogP contribution in [-0.2, 0) is 9.53 Å². The number of rotatable bonds is 9. The second kappa shape index (κ2) is 13.0. The molecule has 0 N–H and O–H groups in total. The van der Waals surface area contributed by atoms with Gasteiger partial charge in [0.15, 0.2) is 0 Å². The zero-order valence-electron chi connectivity index (χ0n) is 20.9. The van der Waals surface area contributed by atoms with Gasteiger partial charge in [0.1, 0.15) is 5.69 Å². The fourth-order valence-corrected chi connectivity index (χ4v) is 4.84. The lowest BCUT2D eigenvalue weighted by Crippen LogP contribution is -2.49. The average molecular weight is 515 g/mol. The zero-order chi connectivity index (χ0) is 25.3. The number of para-hydroxylation sites is 1. The van der Waals surface area contributed by atoms with Crippen LogP contribution in [0.15, 0.2) is 36.7 Å². The lowest BCUT2D eigenvalue weighted by atomic mass is 10.2. The molecule has 1 aromatic heterocycles. The molecule has 1 aromatic carbocycles.